The van der Waals surface area contributed by atoms with E-state index in [9.17, 15) is 19.5 Å². The average Bonchev–Trinajstić information content (AvgIpc) is 3.60. The molecular weight excluding hydrogens is 514 g/mol. The summed E-state index contributed by atoms with van der Waals surface area (Å²) in [6.45, 7) is 5.42. The minimum atomic E-state index is -1.67. The lowest BCUT2D eigenvalue weighted by molar-refractivity contribution is -0.153. The first-order chi connectivity index (χ1) is 19.6. The van der Waals surface area contributed by atoms with Gasteiger partial charge in [0.25, 0.3) is 0 Å². The largest absolute Gasteiger partial charge is 0.480 e. The van der Waals surface area contributed by atoms with Crippen LogP contribution in [-0.2, 0) is 20.8 Å². The number of aromatic nitrogens is 1. The summed E-state index contributed by atoms with van der Waals surface area (Å²) in [7, 11) is 0. The van der Waals surface area contributed by atoms with Crippen molar-refractivity contribution in [1.29, 1.82) is 0 Å². The van der Waals surface area contributed by atoms with Gasteiger partial charge in [0.2, 0.25) is 11.8 Å². The maximum atomic E-state index is 14.0. The molecule has 4 aromatic rings. The number of hydrogen-bond acceptors (Lipinski definition) is 4. The normalized spacial score (nSPS) is 24.5. The molecule has 3 heterocycles. The standard InChI is InChI=1S/C34H33N3O4/c1-33(2,3)37-30(38)27-28(31(37)39)34(32(40)41,19-24-20-35-26-12-8-7-11-25(24)26)36-29(27)23-17-15-22(16-18-23)14-13-21-9-5-4-6-10-21/h4-18,20,27-29,35-36H,19H2,1-3H3,(H,40,41)/b14-13+. The molecule has 1 aromatic heterocycles. The van der Waals surface area contributed by atoms with Crippen LogP contribution < -0.4 is 5.32 Å². The Bertz CT molecular complexity index is 1670. The number of aliphatic carboxylic acids is 1. The number of nitrogens with one attached hydrogen (secondary N) is 2. The number of carboxylic acid groups (broad SMARTS) is 1. The highest BCUT2D eigenvalue weighted by molar-refractivity contribution is 6.10. The Morgan fingerprint density at radius 2 is 1.54 bits per heavy atom. The molecule has 3 N–H and O–H groups in total. The molecule has 3 aromatic carbocycles. The lowest BCUT2D eigenvalue weighted by atomic mass is 9.76. The van der Waals surface area contributed by atoms with E-state index in [1.165, 1.54) is 4.90 Å². The van der Waals surface area contributed by atoms with Gasteiger partial charge in [0.15, 0.2) is 0 Å². The summed E-state index contributed by atoms with van der Waals surface area (Å²) in [5.41, 5.74) is 2.05. The first-order valence-electron chi connectivity index (χ1n) is 13.9. The van der Waals surface area contributed by atoms with Crippen LogP contribution in [0.4, 0.5) is 0 Å². The quantitative estimate of drug-likeness (QED) is 0.220. The summed E-state index contributed by atoms with van der Waals surface area (Å²) in [5, 5.41) is 15.0. The summed E-state index contributed by atoms with van der Waals surface area (Å²) in [4.78, 5) is 45.6. The predicted octanol–water partition coefficient (Wildman–Crippen LogP) is 5.45. The van der Waals surface area contributed by atoms with E-state index in [0.717, 1.165) is 33.2 Å². The van der Waals surface area contributed by atoms with Crippen LogP contribution in [0.25, 0.3) is 23.1 Å². The van der Waals surface area contributed by atoms with E-state index in [-0.39, 0.29) is 12.3 Å². The van der Waals surface area contributed by atoms with Crippen molar-refractivity contribution < 1.29 is 19.5 Å². The van der Waals surface area contributed by atoms with Crippen LogP contribution in [0.15, 0.2) is 85.1 Å². The van der Waals surface area contributed by atoms with Gasteiger partial charge in [0.05, 0.1) is 11.8 Å². The van der Waals surface area contributed by atoms with Gasteiger partial charge in [-0.15, -0.1) is 0 Å². The number of fused-ring (bicyclic) bond motifs is 2. The van der Waals surface area contributed by atoms with E-state index in [0.29, 0.717) is 0 Å². The Hall–Kier alpha value is -4.49. The van der Waals surface area contributed by atoms with Crippen LogP contribution in [0.2, 0.25) is 0 Å². The lowest BCUT2D eigenvalue weighted by Crippen LogP contribution is -2.58. The molecule has 2 amide bonds. The van der Waals surface area contributed by atoms with E-state index in [1.807, 2.05) is 112 Å². The van der Waals surface area contributed by atoms with Crippen LogP contribution >= 0.6 is 0 Å². The third-order valence-corrected chi connectivity index (χ3v) is 8.41. The number of aromatic amines is 1. The van der Waals surface area contributed by atoms with Crippen LogP contribution in [0.5, 0.6) is 0 Å². The van der Waals surface area contributed by atoms with Crippen molar-refractivity contribution >= 4 is 40.8 Å². The molecule has 6 rings (SSSR count). The molecule has 2 saturated heterocycles. The molecule has 0 bridgehead atoms. The highest BCUT2D eigenvalue weighted by Gasteiger charge is 2.69. The second kappa shape index (κ2) is 9.85. The third kappa shape index (κ3) is 4.46. The van der Waals surface area contributed by atoms with Crippen LogP contribution in [-0.4, -0.2) is 43.9 Å². The molecule has 208 valence electrons. The Balaban J connectivity index is 1.41. The number of carboxylic acids is 1. The van der Waals surface area contributed by atoms with E-state index in [1.54, 1.807) is 6.20 Å². The molecule has 7 nitrogen and oxygen atoms in total. The molecule has 0 spiro atoms. The van der Waals surface area contributed by atoms with E-state index in [4.69, 9.17) is 0 Å². The summed E-state index contributed by atoms with van der Waals surface area (Å²) >= 11 is 0. The Morgan fingerprint density at radius 3 is 2.20 bits per heavy atom. The van der Waals surface area contributed by atoms with Gasteiger partial charge in [0.1, 0.15) is 5.54 Å². The maximum absolute atomic E-state index is 14.0. The molecule has 7 heteroatoms. The highest BCUT2D eigenvalue weighted by atomic mass is 16.4. The van der Waals surface area contributed by atoms with Crippen molar-refractivity contribution in [3.05, 3.63) is 107 Å². The first-order valence-corrected chi connectivity index (χ1v) is 13.9. The molecular formula is C34H33N3O4. The smallest absolute Gasteiger partial charge is 0.325 e. The number of amides is 2. The molecule has 0 aliphatic carbocycles. The highest BCUT2D eigenvalue weighted by Crippen LogP contribution is 2.51. The van der Waals surface area contributed by atoms with Crippen molar-refractivity contribution in [3.63, 3.8) is 0 Å². The number of hydrogen-bond donors (Lipinski definition) is 3. The monoisotopic (exact) mass is 547 g/mol. The second-order valence-corrected chi connectivity index (χ2v) is 12.0. The zero-order chi connectivity index (χ0) is 28.9. The Labute approximate surface area is 238 Å². The van der Waals surface area contributed by atoms with Gasteiger partial charge in [-0.1, -0.05) is 84.9 Å². The second-order valence-electron chi connectivity index (χ2n) is 12.0. The molecule has 0 radical (unpaired) electrons. The maximum Gasteiger partial charge on any atom is 0.325 e. The average molecular weight is 548 g/mol. The summed E-state index contributed by atoms with van der Waals surface area (Å²) in [6, 6.07) is 24.8. The number of likely N-dealkylation sites (tertiary alicyclic amines) is 1. The zero-order valence-electron chi connectivity index (χ0n) is 23.3. The molecule has 4 unspecified atom stereocenters. The van der Waals surface area contributed by atoms with Crippen molar-refractivity contribution in [2.75, 3.05) is 0 Å². The fraction of sp³-hybridized carbons (Fsp3) is 0.265. The molecule has 2 fully saturated rings. The number of benzene rings is 3. The number of H-pyrrole nitrogens is 1. The molecule has 41 heavy (non-hydrogen) atoms. The topological polar surface area (TPSA) is 102 Å². The van der Waals surface area contributed by atoms with Crippen molar-refractivity contribution in [3.8, 4) is 0 Å². The number of para-hydroxylation sites is 1. The van der Waals surface area contributed by atoms with Gasteiger partial charge >= 0.3 is 5.97 Å². The van der Waals surface area contributed by atoms with Crippen LogP contribution in [0, 0.1) is 11.8 Å². The molecule has 0 saturated carbocycles. The summed E-state index contributed by atoms with van der Waals surface area (Å²) in [6.07, 6.45) is 5.89. The predicted molar refractivity (Wildman–Crippen MR) is 159 cm³/mol. The Kier molecular flexibility index (Phi) is 6.42. The molecule has 2 aliphatic rings. The van der Waals surface area contributed by atoms with E-state index < -0.39 is 40.8 Å². The SMILES string of the molecule is CC(C)(C)N1C(=O)C2C(c3ccc(/C=C/c4ccccc4)cc3)NC(Cc3c[nH]c4ccccc34)(C(=O)O)C2C1=O. The number of imide groups is 1. The van der Waals surface area contributed by atoms with Gasteiger partial charge in [-0.2, -0.15) is 0 Å². The summed E-state index contributed by atoms with van der Waals surface area (Å²) < 4.78 is 0. The minimum absolute atomic E-state index is 0.0545. The molecule has 2 aliphatic heterocycles. The number of carbonyl (C=O) groups excluding carboxylic acids is 2. The van der Waals surface area contributed by atoms with Gasteiger partial charge < -0.3 is 10.1 Å². The fourth-order valence-electron chi connectivity index (χ4n) is 6.53. The number of carbonyl (C=O) groups is 3. The zero-order valence-corrected chi connectivity index (χ0v) is 23.3. The fourth-order valence-corrected chi connectivity index (χ4v) is 6.53. The Morgan fingerprint density at radius 1 is 0.902 bits per heavy atom. The first kappa shape index (κ1) is 26.7. The minimum Gasteiger partial charge on any atom is -0.480 e. The van der Waals surface area contributed by atoms with Gasteiger partial charge in [-0.3, -0.25) is 24.6 Å². The van der Waals surface area contributed by atoms with Gasteiger partial charge in [-0.25, -0.2) is 0 Å². The van der Waals surface area contributed by atoms with Crippen molar-refractivity contribution in [2.24, 2.45) is 11.8 Å². The number of nitrogens with zero attached hydrogens (tertiary/aromatic N) is 1. The van der Waals surface area contributed by atoms with Crippen LogP contribution in [0.3, 0.4) is 0 Å². The number of rotatable bonds is 6. The lowest BCUT2D eigenvalue weighted by Gasteiger charge is -2.35. The van der Waals surface area contributed by atoms with Crippen molar-refractivity contribution in [2.45, 2.75) is 44.3 Å². The third-order valence-electron chi connectivity index (χ3n) is 8.41. The van der Waals surface area contributed by atoms with Crippen molar-refractivity contribution in [1.82, 2.24) is 15.2 Å². The van der Waals surface area contributed by atoms with Gasteiger partial charge in [0, 0.05) is 35.1 Å². The van der Waals surface area contributed by atoms with E-state index >= 15 is 0 Å². The molecule has 4 atom stereocenters. The summed E-state index contributed by atoms with van der Waals surface area (Å²) in [5.74, 6) is -3.80. The van der Waals surface area contributed by atoms with Gasteiger partial charge in [-0.05, 0) is 49.1 Å². The van der Waals surface area contributed by atoms with Crippen LogP contribution in [0.1, 0.15) is 49.1 Å². The van der Waals surface area contributed by atoms with E-state index in [2.05, 4.69) is 10.3 Å².